The fourth-order valence-corrected chi connectivity index (χ4v) is 1.63. The summed E-state index contributed by atoms with van der Waals surface area (Å²) >= 11 is 8.47. The predicted molar refractivity (Wildman–Crippen MR) is 65.2 cm³/mol. The SMILES string of the molecule is O=C(COCC(F)(F)C(F)F)c1ccc(Br)c(Cl)c1F. The van der Waals surface area contributed by atoms with Crippen LogP contribution in [0.4, 0.5) is 22.0 Å². The molecule has 0 aliphatic carbocycles. The number of carbonyl (C=O) groups excluding carboxylic acids is 1. The second kappa shape index (κ2) is 6.82. The Balaban J connectivity index is 2.67. The van der Waals surface area contributed by atoms with E-state index in [-0.39, 0.29) is 9.50 Å². The molecule has 0 N–H and O–H groups in total. The highest BCUT2D eigenvalue weighted by Crippen LogP contribution is 2.28. The molecule has 1 rings (SSSR count). The molecule has 0 saturated heterocycles. The van der Waals surface area contributed by atoms with Crippen LogP contribution in [0.1, 0.15) is 10.4 Å². The minimum Gasteiger partial charge on any atom is -0.367 e. The lowest BCUT2D eigenvalue weighted by molar-refractivity contribution is -0.163. The van der Waals surface area contributed by atoms with E-state index in [0.717, 1.165) is 6.07 Å². The van der Waals surface area contributed by atoms with Gasteiger partial charge in [-0.2, -0.15) is 8.78 Å². The van der Waals surface area contributed by atoms with Crippen molar-refractivity contribution in [2.75, 3.05) is 13.2 Å². The number of hydrogen-bond acceptors (Lipinski definition) is 2. The molecule has 0 unspecified atom stereocenters. The normalized spacial score (nSPS) is 12.0. The van der Waals surface area contributed by atoms with Gasteiger partial charge in [-0.05, 0) is 28.1 Å². The van der Waals surface area contributed by atoms with Crippen molar-refractivity contribution in [3.8, 4) is 0 Å². The molecule has 20 heavy (non-hydrogen) atoms. The monoisotopic (exact) mass is 380 g/mol. The number of Topliss-reactive ketones (excluding diaryl/α,β-unsaturated/α-hetero) is 1. The van der Waals surface area contributed by atoms with Crippen LogP contribution >= 0.6 is 27.5 Å². The zero-order valence-corrected chi connectivity index (χ0v) is 12.0. The van der Waals surface area contributed by atoms with Crippen LogP contribution in [0.5, 0.6) is 0 Å². The van der Waals surface area contributed by atoms with Crippen LogP contribution in [0.2, 0.25) is 5.02 Å². The number of carbonyl (C=O) groups is 1. The smallest absolute Gasteiger partial charge is 0.330 e. The van der Waals surface area contributed by atoms with Crippen molar-refractivity contribution in [3.05, 3.63) is 33.0 Å². The van der Waals surface area contributed by atoms with Crippen LogP contribution < -0.4 is 0 Å². The average molecular weight is 382 g/mol. The number of rotatable bonds is 6. The first-order chi connectivity index (χ1) is 9.16. The molecule has 2 nitrogen and oxygen atoms in total. The fourth-order valence-electron chi connectivity index (χ4n) is 1.16. The van der Waals surface area contributed by atoms with Crippen molar-refractivity contribution in [2.45, 2.75) is 12.3 Å². The summed E-state index contributed by atoms with van der Waals surface area (Å²) in [4.78, 5) is 11.5. The summed E-state index contributed by atoms with van der Waals surface area (Å²) in [7, 11) is 0. The lowest BCUT2D eigenvalue weighted by Crippen LogP contribution is -2.33. The van der Waals surface area contributed by atoms with Gasteiger partial charge in [-0.3, -0.25) is 4.79 Å². The number of alkyl halides is 4. The van der Waals surface area contributed by atoms with Gasteiger partial charge in [-0.25, -0.2) is 13.2 Å². The van der Waals surface area contributed by atoms with E-state index in [1.54, 1.807) is 0 Å². The number of hydrogen-bond donors (Lipinski definition) is 0. The maximum atomic E-state index is 13.6. The summed E-state index contributed by atoms with van der Waals surface area (Å²) in [6.07, 6.45) is -3.91. The fraction of sp³-hybridized carbons (Fsp3) is 0.364. The highest BCUT2D eigenvalue weighted by Gasteiger charge is 2.41. The minimum atomic E-state index is -4.36. The van der Waals surface area contributed by atoms with E-state index in [1.165, 1.54) is 6.07 Å². The van der Waals surface area contributed by atoms with Crippen molar-refractivity contribution in [1.29, 1.82) is 0 Å². The van der Waals surface area contributed by atoms with Crippen molar-refractivity contribution in [3.63, 3.8) is 0 Å². The standard InChI is InChI=1S/C11H7BrClF5O2/c12-6-2-1-5(9(14)8(6)13)7(19)3-20-4-11(17,18)10(15)16/h1-2,10H,3-4H2. The molecule has 1 aromatic carbocycles. The van der Waals surface area contributed by atoms with E-state index in [9.17, 15) is 26.7 Å². The van der Waals surface area contributed by atoms with Crippen molar-refractivity contribution in [1.82, 2.24) is 0 Å². The van der Waals surface area contributed by atoms with Gasteiger partial charge in [-0.1, -0.05) is 11.6 Å². The van der Waals surface area contributed by atoms with Crippen molar-refractivity contribution in [2.24, 2.45) is 0 Å². The third kappa shape index (κ3) is 4.13. The molecule has 0 amide bonds. The first-order valence-corrected chi connectivity index (χ1v) is 6.24. The molecule has 9 heteroatoms. The van der Waals surface area contributed by atoms with E-state index in [1.807, 2.05) is 0 Å². The molecular formula is C11H7BrClF5O2. The summed E-state index contributed by atoms with van der Waals surface area (Å²) < 4.78 is 66.7. The molecule has 0 bridgehead atoms. The first-order valence-electron chi connectivity index (χ1n) is 5.07. The number of benzene rings is 1. The molecule has 0 heterocycles. The Morgan fingerprint density at radius 3 is 2.55 bits per heavy atom. The molecule has 0 aliphatic heterocycles. The van der Waals surface area contributed by atoms with E-state index in [2.05, 4.69) is 20.7 Å². The first kappa shape index (κ1) is 17.3. The summed E-state index contributed by atoms with van der Waals surface area (Å²) in [5.41, 5.74) is -0.474. The van der Waals surface area contributed by atoms with Crippen molar-refractivity contribution < 1.29 is 31.5 Å². The molecule has 0 fully saturated rings. The van der Waals surface area contributed by atoms with Crippen LogP contribution in [-0.2, 0) is 4.74 Å². The molecule has 0 aliphatic rings. The Hall–Kier alpha value is -0.730. The molecule has 0 radical (unpaired) electrons. The lowest BCUT2D eigenvalue weighted by Gasteiger charge is -2.14. The summed E-state index contributed by atoms with van der Waals surface area (Å²) in [5.74, 6) is -6.40. The van der Waals surface area contributed by atoms with E-state index >= 15 is 0 Å². The van der Waals surface area contributed by atoms with Crippen LogP contribution in [0.3, 0.4) is 0 Å². The zero-order valence-electron chi connectivity index (χ0n) is 9.61. The maximum Gasteiger partial charge on any atom is 0.330 e. The Bertz CT molecular complexity index is 510. The van der Waals surface area contributed by atoms with Crippen LogP contribution in [-0.4, -0.2) is 31.3 Å². The third-order valence-corrected chi connectivity index (χ3v) is 3.44. The largest absolute Gasteiger partial charge is 0.367 e. The lowest BCUT2D eigenvalue weighted by atomic mass is 10.1. The Morgan fingerprint density at radius 1 is 1.40 bits per heavy atom. The van der Waals surface area contributed by atoms with E-state index in [0.29, 0.717) is 0 Å². The molecule has 1 aromatic rings. The number of ether oxygens (including phenoxy) is 1. The van der Waals surface area contributed by atoms with Crippen molar-refractivity contribution >= 4 is 33.3 Å². The van der Waals surface area contributed by atoms with Crippen LogP contribution in [0.25, 0.3) is 0 Å². The summed E-state index contributed by atoms with van der Waals surface area (Å²) in [6, 6.07) is 2.36. The van der Waals surface area contributed by atoms with Crippen LogP contribution in [0, 0.1) is 5.82 Å². The highest BCUT2D eigenvalue weighted by molar-refractivity contribution is 9.10. The van der Waals surface area contributed by atoms with Gasteiger partial charge >= 0.3 is 12.3 Å². The van der Waals surface area contributed by atoms with Gasteiger partial charge in [0.25, 0.3) is 0 Å². The van der Waals surface area contributed by atoms with Crippen LogP contribution in [0.15, 0.2) is 16.6 Å². The van der Waals surface area contributed by atoms with Gasteiger partial charge in [0.1, 0.15) is 13.2 Å². The molecule has 0 spiro atoms. The average Bonchev–Trinajstić information content (AvgIpc) is 2.35. The number of ketones is 1. The predicted octanol–water partition coefficient (Wildman–Crippen LogP) is 4.34. The van der Waals surface area contributed by atoms with Gasteiger partial charge in [0.15, 0.2) is 11.6 Å². The topological polar surface area (TPSA) is 26.3 Å². The summed E-state index contributed by atoms with van der Waals surface area (Å²) in [6.45, 7) is -2.60. The van der Waals surface area contributed by atoms with Gasteiger partial charge < -0.3 is 4.74 Å². The maximum absolute atomic E-state index is 13.6. The quantitative estimate of drug-likeness (QED) is 0.416. The Morgan fingerprint density at radius 2 is 2.00 bits per heavy atom. The van der Waals surface area contributed by atoms with Gasteiger partial charge in [0.2, 0.25) is 0 Å². The third-order valence-electron chi connectivity index (χ3n) is 2.18. The second-order valence-electron chi connectivity index (χ2n) is 3.70. The van der Waals surface area contributed by atoms with Gasteiger partial charge in [0.05, 0.1) is 10.6 Å². The van der Waals surface area contributed by atoms with Gasteiger partial charge in [0, 0.05) is 4.47 Å². The number of halogens is 7. The molecule has 0 atom stereocenters. The Labute approximate surface area is 124 Å². The highest BCUT2D eigenvalue weighted by atomic mass is 79.9. The minimum absolute atomic E-state index is 0.207. The Kier molecular flexibility index (Phi) is 5.91. The molecule has 112 valence electrons. The van der Waals surface area contributed by atoms with E-state index in [4.69, 9.17) is 11.6 Å². The zero-order chi connectivity index (χ0) is 15.5. The molecule has 0 aromatic heterocycles. The molecular weight excluding hydrogens is 374 g/mol. The van der Waals surface area contributed by atoms with Gasteiger partial charge in [-0.15, -0.1) is 0 Å². The molecule has 0 saturated carbocycles. The second-order valence-corrected chi connectivity index (χ2v) is 4.93. The van der Waals surface area contributed by atoms with E-state index < -0.39 is 42.7 Å². The summed E-state index contributed by atoms with van der Waals surface area (Å²) in [5, 5.41) is -0.353.